The largest absolute Gasteiger partial charge is 0.343 e. The maximum absolute atomic E-state index is 12.7. The van der Waals surface area contributed by atoms with E-state index in [4.69, 9.17) is 9.51 Å². The third-order valence-corrected chi connectivity index (χ3v) is 4.75. The predicted molar refractivity (Wildman–Crippen MR) is 101 cm³/mol. The van der Waals surface area contributed by atoms with Gasteiger partial charge in [0.2, 0.25) is 11.8 Å². The molecule has 1 aromatic carbocycles. The van der Waals surface area contributed by atoms with Gasteiger partial charge in [-0.25, -0.2) is 4.98 Å². The van der Waals surface area contributed by atoms with Gasteiger partial charge in [-0.1, -0.05) is 31.1 Å². The molecule has 0 spiro atoms. The lowest BCUT2D eigenvalue weighted by atomic mass is 10.1. The fourth-order valence-electron chi connectivity index (χ4n) is 3.30. The van der Waals surface area contributed by atoms with Crippen LogP contribution in [0.25, 0.3) is 11.0 Å². The van der Waals surface area contributed by atoms with Gasteiger partial charge in [0, 0.05) is 12.3 Å². The number of amides is 1. The molecule has 0 bridgehead atoms. The number of carbonyl (C=O) groups excluding carboxylic acids is 1. The molecule has 7 nitrogen and oxygen atoms in total. The first kappa shape index (κ1) is 17.7. The van der Waals surface area contributed by atoms with Crippen LogP contribution in [0.1, 0.15) is 63.1 Å². The number of hydrogen-bond acceptors (Lipinski definition) is 5. The predicted octanol–water partition coefficient (Wildman–Crippen LogP) is 3.37. The number of nitrogens with zero attached hydrogens (tertiary/aromatic N) is 4. The molecule has 0 radical (unpaired) electrons. The Labute approximate surface area is 158 Å². The van der Waals surface area contributed by atoms with Crippen LogP contribution in [0, 0.1) is 5.92 Å². The molecule has 1 atom stereocenters. The number of rotatable bonds is 7. The van der Waals surface area contributed by atoms with Crippen LogP contribution in [0.3, 0.4) is 0 Å². The van der Waals surface area contributed by atoms with Crippen LogP contribution in [-0.4, -0.2) is 25.6 Å². The summed E-state index contributed by atoms with van der Waals surface area (Å²) >= 11 is 0. The third-order valence-electron chi connectivity index (χ3n) is 4.75. The van der Waals surface area contributed by atoms with E-state index in [1.165, 1.54) is 0 Å². The number of imidazole rings is 1. The molecule has 1 aliphatic rings. The van der Waals surface area contributed by atoms with Crippen molar-refractivity contribution in [1.29, 1.82) is 0 Å². The number of benzene rings is 1. The van der Waals surface area contributed by atoms with Crippen molar-refractivity contribution in [2.24, 2.45) is 5.92 Å². The van der Waals surface area contributed by atoms with Crippen LogP contribution in [0.2, 0.25) is 0 Å². The average molecular weight is 367 g/mol. The first-order valence-electron chi connectivity index (χ1n) is 9.58. The van der Waals surface area contributed by atoms with Crippen LogP contribution in [-0.2, 0) is 17.8 Å². The SMILES string of the molecule is CC(C)Cc1noc(C(C)NC(=O)Cn2c(C3CC3)nc3ccccc32)n1. The Morgan fingerprint density at radius 1 is 1.26 bits per heavy atom. The van der Waals surface area contributed by atoms with Crippen molar-refractivity contribution >= 4 is 16.9 Å². The second-order valence-corrected chi connectivity index (χ2v) is 7.76. The molecular formula is C20H25N5O2. The van der Waals surface area contributed by atoms with E-state index in [-0.39, 0.29) is 18.5 Å². The smallest absolute Gasteiger partial charge is 0.248 e. The monoisotopic (exact) mass is 367 g/mol. The Hall–Kier alpha value is -2.70. The summed E-state index contributed by atoms with van der Waals surface area (Å²) in [6, 6.07) is 7.63. The molecule has 1 aliphatic carbocycles. The number of nitrogens with one attached hydrogen (secondary N) is 1. The maximum atomic E-state index is 12.7. The first-order valence-corrected chi connectivity index (χ1v) is 9.58. The highest BCUT2D eigenvalue weighted by Gasteiger charge is 2.30. The standard InChI is InChI=1S/C20H25N5O2/c1-12(2)10-17-23-20(27-24-17)13(3)21-18(26)11-25-16-7-5-4-6-15(16)22-19(25)14-8-9-14/h4-7,12-14H,8-11H2,1-3H3,(H,21,26). The number of para-hydroxylation sites is 2. The third kappa shape index (κ3) is 3.86. The minimum absolute atomic E-state index is 0.0869. The molecule has 7 heteroatoms. The Bertz CT molecular complexity index is 954. The van der Waals surface area contributed by atoms with Gasteiger partial charge < -0.3 is 14.4 Å². The summed E-state index contributed by atoms with van der Waals surface area (Å²) < 4.78 is 7.35. The minimum atomic E-state index is -0.329. The Morgan fingerprint density at radius 3 is 2.78 bits per heavy atom. The van der Waals surface area contributed by atoms with Gasteiger partial charge in [-0.2, -0.15) is 4.98 Å². The highest BCUT2D eigenvalue weighted by molar-refractivity contribution is 5.81. The highest BCUT2D eigenvalue weighted by atomic mass is 16.5. The van der Waals surface area contributed by atoms with Gasteiger partial charge in [-0.3, -0.25) is 4.79 Å². The molecule has 1 unspecified atom stereocenters. The molecule has 0 saturated heterocycles. The van der Waals surface area contributed by atoms with Crippen LogP contribution in [0.4, 0.5) is 0 Å². The van der Waals surface area contributed by atoms with Crippen molar-refractivity contribution in [2.75, 3.05) is 0 Å². The van der Waals surface area contributed by atoms with Crippen molar-refractivity contribution < 1.29 is 9.32 Å². The second kappa shape index (κ2) is 7.13. The fourth-order valence-corrected chi connectivity index (χ4v) is 3.30. The van der Waals surface area contributed by atoms with Crippen LogP contribution in [0.15, 0.2) is 28.8 Å². The van der Waals surface area contributed by atoms with Crippen molar-refractivity contribution in [1.82, 2.24) is 25.0 Å². The van der Waals surface area contributed by atoms with Gasteiger partial charge in [0.05, 0.1) is 11.0 Å². The van der Waals surface area contributed by atoms with E-state index in [0.29, 0.717) is 23.6 Å². The highest BCUT2D eigenvalue weighted by Crippen LogP contribution is 2.40. The fraction of sp³-hybridized carbons (Fsp3) is 0.500. The van der Waals surface area contributed by atoms with Crippen molar-refractivity contribution in [3.8, 4) is 0 Å². The number of carbonyl (C=O) groups is 1. The zero-order valence-electron chi connectivity index (χ0n) is 16.0. The van der Waals surface area contributed by atoms with E-state index in [1.54, 1.807) is 0 Å². The summed E-state index contributed by atoms with van der Waals surface area (Å²) in [7, 11) is 0. The van der Waals surface area contributed by atoms with E-state index in [9.17, 15) is 4.79 Å². The number of fused-ring (bicyclic) bond motifs is 1. The Balaban J connectivity index is 1.47. The van der Waals surface area contributed by atoms with E-state index < -0.39 is 0 Å². The van der Waals surface area contributed by atoms with Crippen LogP contribution in [0.5, 0.6) is 0 Å². The summed E-state index contributed by atoms with van der Waals surface area (Å²) in [6.07, 6.45) is 3.04. The van der Waals surface area contributed by atoms with Gasteiger partial charge in [0.15, 0.2) is 5.82 Å². The zero-order chi connectivity index (χ0) is 19.0. The normalized spacial score (nSPS) is 15.4. The van der Waals surface area contributed by atoms with Crippen LogP contribution >= 0.6 is 0 Å². The van der Waals surface area contributed by atoms with E-state index in [2.05, 4.69) is 29.3 Å². The van der Waals surface area contributed by atoms with E-state index in [0.717, 1.165) is 36.1 Å². The second-order valence-electron chi connectivity index (χ2n) is 7.76. The maximum Gasteiger partial charge on any atom is 0.248 e. The Kier molecular flexibility index (Phi) is 4.68. The lowest BCUT2D eigenvalue weighted by Crippen LogP contribution is -2.30. The number of aromatic nitrogens is 4. The summed E-state index contributed by atoms with van der Waals surface area (Å²) in [5.41, 5.74) is 1.94. The van der Waals surface area contributed by atoms with Crippen molar-refractivity contribution in [3.05, 3.63) is 41.8 Å². The van der Waals surface area contributed by atoms with E-state index in [1.807, 2.05) is 35.8 Å². The lowest BCUT2D eigenvalue weighted by molar-refractivity contribution is -0.122. The molecule has 142 valence electrons. The molecule has 1 amide bonds. The summed E-state index contributed by atoms with van der Waals surface area (Å²) in [4.78, 5) is 21.8. The molecule has 1 saturated carbocycles. The molecular weight excluding hydrogens is 342 g/mol. The molecule has 4 rings (SSSR count). The molecule has 1 fully saturated rings. The summed E-state index contributed by atoms with van der Waals surface area (Å²) in [5, 5.41) is 6.96. The quantitative estimate of drug-likeness (QED) is 0.692. The minimum Gasteiger partial charge on any atom is -0.343 e. The van der Waals surface area contributed by atoms with Gasteiger partial charge in [0.1, 0.15) is 18.4 Å². The molecule has 27 heavy (non-hydrogen) atoms. The summed E-state index contributed by atoms with van der Waals surface area (Å²) in [6.45, 7) is 6.31. The van der Waals surface area contributed by atoms with Crippen molar-refractivity contribution in [3.63, 3.8) is 0 Å². The molecule has 2 aromatic heterocycles. The average Bonchev–Trinajstić information content (AvgIpc) is 3.26. The number of hydrogen-bond donors (Lipinski definition) is 1. The van der Waals surface area contributed by atoms with Crippen molar-refractivity contribution in [2.45, 2.75) is 58.5 Å². The van der Waals surface area contributed by atoms with Gasteiger partial charge in [-0.15, -0.1) is 0 Å². The molecule has 2 heterocycles. The lowest BCUT2D eigenvalue weighted by Gasteiger charge is -2.12. The summed E-state index contributed by atoms with van der Waals surface area (Å²) in [5.74, 6) is 2.97. The van der Waals surface area contributed by atoms with Crippen LogP contribution < -0.4 is 5.32 Å². The van der Waals surface area contributed by atoms with Gasteiger partial charge >= 0.3 is 0 Å². The molecule has 1 N–H and O–H groups in total. The first-order chi connectivity index (χ1) is 13.0. The topological polar surface area (TPSA) is 85.8 Å². The molecule has 3 aromatic rings. The molecule has 0 aliphatic heterocycles. The Morgan fingerprint density at radius 2 is 2.04 bits per heavy atom. The van der Waals surface area contributed by atoms with Gasteiger partial charge in [0.25, 0.3) is 0 Å². The zero-order valence-corrected chi connectivity index (χ0v) is 16.0. The van der Waals surface area contributed by atoms with Gasteiger partial charge in [-0.05, 0) is 37.8 Å². The van der Waals surface area contributed by atoms with E-state index >= 15 is 0 Å².